The van der Waals surface area contributed by atoms with Crippen molar-refractivity contribution in [1.29, 1.82) is 0 Å². The molecule has 0 N–H and O–H groups in total. The van der Waals surface area contributed by atoms with E-state index in [2.05, 4.69) is 0 Å². The van der Waals surface area contributed by atoms with Gasteiger partial charge in [0.05, 0.1) is 4.92 Å². The van der Waals surface area contributed by atoms with Gasteiger partial charge in [-0.2, -0.15) is 13.2 Å². The van der Waals surface area contributed by atoms with Crippen LogP contribution in [0.4, 0.5) is 18.9 Å². The van der Waals surface area contributed by atoms with Crippen molar-refractivity contribution >= 4 is 11.5 Å². The summed E-state index contributed by atoms with van der Waals surface area (Å²) < 4.78 is 38.1. The van der Waals surface area contributed by atoms with Crippen molar-refractivity contribution in [2.45, 2.75) is 26.4 Å². The van der Waals surface area contributed by atoms with Crippen LogP contribution in [0.2, 0.25) is 0 Å². The first-order chi connectivity index (χ1) is 8.62. The van der Waals surface area contributed by atoms with Gasteiger partial charge in [-0.25, -0.2) is 0 Å². The van der Waals surface area contributed by atoms with Crippen molar-refractivity contribution in [2.75, 3.05) is 0 Å². The number of hydrogen-bond donors (Lipinski definition) is 0. The minimum Gasteiger partial charge on any atom is -0.299 e. The van der Waals surface area contributed by atoms with Gasteiger partial charge in [0.15, 0.2) is 0 Å². The van der Waals surface area contributed by atoms with Gasteiger partial charge in [-0.1, -0.05) is 19.9 Å². The summed E-state index contributed by atoms with van der Waals surface area (Å²) in [6, 6.07) is 2.62. The van der Waals surface area contributed by atoms with Gasteiger partial charge < -0.3 is 0 Å². The third-order valence-corrected chi connectivity index (χ3v) is 2.59. The van der Waals surface area contributed by atoms with Crippen LogP contribution in [0.1, 0.15) is 25.0 Å². The molecule has 0 atom stereocenters. The number of nitro groups is 1. The van der Waals surface area contributed by atoms with Crippen molar-refractivity contribution < 1.29 is 22.9 Å². The number of nitrogens with zero attached hydrogens (tertiary/aromatic N) is 1. The molecular weight excluding hydrogens is 263 g/mol. The molecule has 0 aromatic heterocycles. The molecule has 19 heavy (non-hydrogen) atoms. The number of alkyl halides is 3. The standard InChI is InChI=1S/C12H12F3NO3/c1-7(2)11(17)6-8-3-4-10(16(18)19)9(5-8)12(13,14)15/h3-5,7H,6H2,1-2H3. The molecule has 0 bridgehead atoms. The molecule has 7 heteroatoms. The molecule has 0 heterocycles. The van der Waals surface area contributed by atoms with Crippen LogP contribution < -0.4 is 0 Å². The van der Waals surface area contributed by atoms with Gasteiger partial charge in [0, 0.05) is 18.4 Å². The van der Waals surface area contributed by atoms with Crippen LogP contribution in [-0.4, -0.2) is 10.7 Å². The molecule has 0 amide bonds. The van der Waals surface area contributed by atoms with Gasteiger partial charge in [0.25, 0.3) is 5.69 Å². The summed E-state index contributed by atoms with van der Waals surface area (Å²) in [6.45, 7) is 3.27. The largest absolute Gasteiger partial charge is 0.423 e. The van der Waals surface area contributed by atoms with E-state index >= 15 is 0 Å². The second-order valence-corrected chi connectivity index (χ2v) is 4.40. The van der Waals surface area contributed by atoms with E-state index in [-0.39, 0.29) is 23.7 Å². The zero-order valence-corrected chi connectivity index (χ0v) is 10.3. The van der Waals surface area contributed by atoms with Crippen molar-refractivity contribution in [3.63, 3.8) is 0 Å². The first kappa shape index (κ1) is 15.1. The fraction of sp³-hybridized carbons (Fsp3) is 0.417. The van der Waals surface area contributed by atoms with Crippen LogP contribution in [0.25, 0.3) is 0 Å². The third-order valence-electron chi connectivity index (χ3n) is 2.59. The topological polar surface area (TPSA) is 60.2 Å². The van der Waals surface area contributed by atoms with Crippen molar-refractivity contribution in [3.8, 4) is 0 Å². The Balaban J connectivity index is 3.19. The summed E-state index contributed by atoms with van der Waals surface area (Å²) in [5, 5.41) is 10.5. The lowest BCUT2D eigenvalue weighted by Gasteiger charge is -2.10. The Hall–Kier alpha value is -1.92. The Bertz CT molecular complexity index is 509. The fourth-order valence-electron chi connectivity index (χ4n) is 1.48. The van der Waals surface area contributed by atoms with Gasteiger partial charge in [0.1, 0.15) is 11.3 Å². The van der Waals surface area contributed by atoms with E-state index in [4.69, 9.17) is 0 Å². The Morgan fingerprint density at radius 1 is 1.37 bits per heavy atom. The van der Waals surface area contributed by atoms with E-state index in [0.29, 0.717) is 6.07 Å². The second kappa shape index (κ2) is 5.38. The van der Waals surface area contributed by atoms with E-state index in [1.54, 1.807) is 13.8 Å². The lowest BCUT2D eigenvalue weighted by Crippen LogP contribution is -2.13. The number of nitro benzene ring substituents is 1. The van der Waals surface area contributed by atoms with Crippen molar-refractivity contribution in [2.24, 2.45) is 5.92 Å². The molecule has 104 valence electrons. The second-order valence-electron chi connectivity index (χ2n) is 4.40. The highest BCUT2D eigenvalue weighted by Gasteiger charge is 2.38. The smallest absolute Gasteiger partial charge is 0.299 e. The monoisotopic (exact) mass is 275 g/mol. The lowest BCUT2D eigenvalue weighted by atomic mass is 9.99. The molecule has 0 aliphatic rings. The number of rotatable bonds is 4. The van der Waals surface area contributed by atoms with Crippen LogP contribution in [0.3, 0.4) is 0 Å². The van der Waals surface area contributed by atoms with Crippen molar-refractivity contribution in [1.82, 2.24) is 0 Å². The lowest BCUT2D eigenvalue weighted by molar-refractivity contribution is -0.388. The van der Waals surface area contributed by atoms with Crippen LogP contribution in [0, 0.1) is 16.0 Å². The molecule has 0 spiro atoms. The molecule has 0 radical (unpaired) electrons. The maximum atomic E-state index is 12.7. The molecular formula is C12H12F3NO3. The van der Waals surface area contributed by atoms with Crippen LogP contribution in [-0.2, 0) is 17.4 Å². The first-order valence-corrected chi connectivity index (χ1v) is 5.50. The molecule has 0 aliphatic heterocycles. The zero-order chi connectivity index (χ0) is 14.8. The predicted octanol–water partition coefficient (Wildman–Crippen LogP) is 3.38. The van der Waals surface area contributed by atoms with E-state index in [0.717, 1.165) is 6.07 Å². The molecule has 0 aliphatic carbocycles. The van der Waals surface area contributed by atoms with Gasteiger partial charge in [0.2, 0.25) is 0 Å². The minimum absolute atomic E-state index is 0.122. The molecule has 0 saturated heterocycles. The zero-order valence-electron chi connectivity index (χ0n) is 10.3. The van der Waals surface area contributed by atoms with Gasteiger partial charge in [-0.15, -0.1) is 0 Å². The number of carbonyl (C=O) groups excluding carboxylic acids is 1. The summed E-state index contributed by atoms with van der Waals surface area (Å²) in [5.41, 5.74) is -2.21. The average Bonchev–Trinajstić information content (AvgIpc) is 2.27. The van der Waals surface area contributed by atoms with E-state index in [1.165, 1.54) is 6.07 Å². The predicted molar refractivity (Wildman–Crippen MR) is 61.6 cm³/mol. The number of ketones is 1. The maximum absolute atomic E-state index is 12.7. The summed E-state index contributed by atoms with van der Waals surface area (Å²) >= 11 is 0. The molecule has 0 unspecified atom stereocenters. The minimum atomic E-state index is -4.82. The Kier molecular flexibility index (Phi) is 4.28. The third kappa shape index (κ3) is 3.77. The summed E-state index contributed by atoms with van der Waals surface area (Å²) in [4.78, 5) is 20.9. The number of halogens is 3. The van der Waals surface area contributed by atoms with E-state index in [1.807, 2.05) is 0 Å². The number of benzene rings is 1. The van der Waals surface area contributed by atoms with Gasteiger partial charge in [-0.05, 0) is 11.6 Å². The Labute approximate surface area is 107 Å². The van der Waals surface area contributed by atoms with E-state index < -0.39 is 22.4 Å². The first-order valence-electron chi connectivity index (χ1n) is 5.50. The fourth-order valence-corrected chi connectivity index (χ4v) is 1.48. The van der Waals surface area contributed by atoms with E-state index in [9.17, 15) is 28.1 Å². The molecule has 0 saturated carbocycles. The molecule has 4 nitrogen and oxygen atoms in total. The highest BCUT2D eigenvalue weighted by Crippen LogP contribution is 2.36. The van der Waals surface area contributed by atoms with Gasteiger partial charge >= 0.3 is 6.18 Å². The van der Waals surface area contributed by atoms with Crippen LogP contribution in [0.15, 0.2) is 18.2 Å². The normalized spacial score (nSPS) is 11.7. The Morgan fingerprint density at radius 3 is 2.37 bits per heavy atom. The highest BCUT2D eigenvalue weighted by molar-refractivity contribution is 5.82. The SMILES string of the molecule is CC(C)C(=O)Cc1ccc([N+](=O)[O-])c(C(F)(F)F)c1. The summed E-state index contributed by atoms with van der Waals surface area (Å²) in [5.74, 6) is -0.522. The van der Waals surface area contributed by atoms with Crippen LogP contribution >= 0.6 is 0 Å². The molecule has 1 rings (SSSR count). The van der Waals surface area contributed by atoms with Crippen LogP contribution in [0.5, 0.6) is 0 Å². The summed E-state index contributed by atoms with van der Waals surface area (Å²) in [7, 11) is 0. The average molecular weight is 275 g/mol. The number of hydrogen-bond acceptors (Lipinski definition) is 3. The summed E-state index contributed by atoms with van der Waals surface area (Å²) in [6.07, 6.45) is -4.99. The molecule has 1 aromatic rings. The highest BCUT2D eigenvalue weighted by atomic mass is 19.4. The Morgan fingerprint density at radius 2 is 1.95 bits per heavy atom. The molecule has 1 aromatic carbocycles. The number of carbonyl (C=O) groups is 1. The molecule has 0 fully saturated rings. The number of Topliss-reactive ketones (excluding diaryl/α,β-unsaturated/α-hetero) is 1. The van der Waals surface area contributed by atoms with Gasteiger partial charge in [-0.3, -0.25) is 14.9 Å². The van der Waals surface area contributed by atoms with Crippen molar-refractivity contribution in [3.05, 3.63) is 39.4 Å². The maximum Gasteiger partial charge on any atom is 0.423 e. The quantitative estimate of drug-likeness (QED) is 0.625.